The van der Waals surface area contributed by atoms with Crippen molar-refractivity contribution in [3.63, 3.8) is 0 Å². The van der Waals surface area contributed by atoms with Gasteiger partial charge in [0.1, 0.15) is 0 Å². The van der Waals surface area contributed by atoms with Crippen molar-refractivity contribution in [2.75, 3.05) is 6.54 Å². The number of rotatable bonds is 3. The molecule has 2 aromatic rings. The highest BCUT2D eigenvalue weighted by Crippen LogP contribution is 2.29. The second kappa shape index (κ2) is 5.43. The first-order valence-electron chi connectivity index (χ1n) is 6.71. The Morgan fingerprint density at radius 1 is 1.10 bits per heavy atom. The number of nitro groups is 1. The lowest BCUT2D eigenvalue weighted by atomic mass is 9.95. The smallest absolute Gasteiger partial charge is 0.250 e. The highest BCUT2D eigenvalue weighted by Gasteiger charge is 2.32. The molecule has 1 aliphatic heterocycles. The largest absolute Gasteiger partial charge is 0.288 e. The molecule has 4 heteroatoms. The van der Waals surface area contributed by atoms with Gasteiger partial charge in [0.2, 0.25) is 0 Å². The van der Waals surface area contributed by atoms with Gasteiger partial charge in [0, 0.05) is 23.6 Å². The van der Waals surface area contributed by atoms with E-state index in [4.69, 9.17) is 0 Å². The van der Waals surface area contributed by atoms with E-state index in [1.54, 1.807) is 0 Å². The first-order chi connectivity index (χ1) is 9.74. The van der Waals surface area contributed by atoms with Crippen LogP contribution in [0.1, 0.15) is 22.7 Å². The van der Waals surface area contributed by atoms with Crippen molar-refractivity contribution in [1.29, 1.82) is 0 Å². The summed E-state index contributed by atoms with van der Waals surface area (Å²) in [5.74, 6) is 0. The van der Waals surface area contributed by atoms with Crippen LogP contribution in [0.2, 0.25) is 0 Å². The van der Waals surface area contributed by atoms with Crippen LogP contribution in [-0.4, -0.2) is 16.4 Å². The summed E-state index contributed by atoms with van der Waals surface area (Å²) < 4.78 is 0. The maximum Gasteiger partial charge on any atom is 0.250 e. The Labute approximate surface area is 117 Å². The molecule has 102 valence electrons. The van der Waals surface area contributed by atoms with Gasteiger partial charge in [-0.3, -0.25) is 15.0 Å². The van der Waals surface area contributed by atoms with Gasteiger partial charge in [-0.25, -0.2) is 0 Å². The second-order valence-electron chi connectivity index (χ2n) is 5.16. The molecule has 3 rings (SSSR count). The molecule has 0 aromatic heterocycles. The van der Waals surface area contributed by atoms with Gasteiger partial charge < -0.3 is 0 Å². The summed E-state index contributed by atoms with van der Waals surface area (Å²) in [6.07, 6.45) is 0. The standard InChI is InChI=1S/C16H16N2O2/c19-18(20)16-12-17(10-13-6-2-1-3-7-13)11-14-8-4-5-9-15(14)16/h1-9,16H,10-12H2. The Kier molecular flexibility index (Phi) is 3.48. The van der Waals surface area contributed by atoms with Crippen molar-refractivity contribution in [2.24, 2.45) is 0 Å². The zero-order chi connectivity index (χ0) is 13.9. The van der Waals surface area contributed by atoms with Crippen molar-refractivity contribution >= 4 is 0 Å². The molecular weight excluding hydrogens is 252 g/mol. The molecule has 0 fully saturated rings. The molecule has 0 bridgehead atoms. The van der Waals surface area contributed by atoms with Gasteiger partial charge in [-0.1, -0.05) is 54.6 Å². The van der Waals surface area contributed by atoms with Gasteiger partial charge in [0.15, 0.2) is 0 Å². The number of hydrogen-bond donors (Lipinski definition) is 0. The van der Waals surface area contributed by atoms with Crippen molar-refractivity contribution in [1.82, 2.24) is 4.90 Å². The predicted molar refractivity (Wildman–Crippen MR) is 76.7 cm³/mol. The molecule has 2 aromatic carbocycles. The summed E-state index contributed by atoms with van der Waals surface area (Å²) in [5, 5.41) is 11.3. The molecule has 4 nitrogen and oxygen atoms in total. The van der Waals surface area contributed by atoms with Crippen LogP contribution in [-0.2, 0) is 13.1 Å². The maximum atomic E-state index is 11.3. The molecule has 0 spiro atoms. The molecule has 0 N–H and O–H groups in total. The van der Waals surface area contributed by atoms with E-state index in [9.17, 15) is 10.1 Å². The Morgan fingerprint density at radius 2 is 1.80 bits per heavy atom. The summed E-state index contributed by atoms with van der Waals surface area (Å²) in [4.78, 5) is 13.3. The van der Waals surface area contributed by atoms with Crippen molar-refractivity contribution < 1.29 is 4.92 Å². The average Bonchev–Trinajstić information content (AvgIpc) is 2.47. The summed E-state index contributed by atoms with van der Waals surface area (Å²) in [7, 11) is 0. The molecule has 0 amide bonds. The lowest BCUT2D eigenvalue weighted by Gasteiger charge is -2.30. The molecular formula is C16H16N2O2. The third kappa shape index (κ3) is 2.56. The van der Waals surface area contributed by atoms with E-state index >= 15 is 0 Å². The van der Waals surface area contributed by atoms with E-state index in [0.29, 0.717) is 6.54 Å². The van der Waals surface area contributed by atoms with Crippen molar-refractivity contribution in [3.05, 3.63) is 81.4 Å². The molecule has 1 unspecified atom stereocenters. The van der Waals surface area contributed by atoms with Crippen LogP contribution < -0.4 is 0 Å². The maximum absolute atomic E-state index is 11.3. The molecule has 0 saturated heterocycles. The topological polar surface area (TPSA) is 46.4 Å². The van der Waals surface area contributed by atoms with E-state index in [-0.39, 0.29) is 4.92 Å². The van der Waals surface area contributed by atoms with Crippen LogP contribution in [0.15, 0.2) is 54.6 Å². The monoisotopic (exact) mass is 268 g/mol. The molecule has 0 aliphatic carbocycles. The summed E-state index contributed by atoms with van der Waals surface area (Å²) in [5.41, 5.74) is 3.12. The van der Waals surface area contributed by atoms with Crippen LogP contribution in [0.4, 0.5) is 0 Å². The zero-order valence-electron chi connectivity index (χ0n) is 11.1. The number of benzene rings is 2. The van der Waals surface area contributed by atoms with E-state index in [2.05, 4.69) is 17.0 Å². The highest BCUT2D eigenvalue weighted by molar-refractivity contribution is 5.31. The SMILES string of the molecule is O=[N+]([O-])C1CN(Cc2ccccc2)Cc2ccccc21. The Bertz CT molecular complexity index is 613. The van der Waals surface area contributed by atoms with Gasteiger partial charge in [0.25, 0.3) is 6.04 Å². The van der Waals surface area contributed by atoms with Crippen LogP contribution in [0.5, 0.6) is 0 Å². The van der Waals surface area contributed by atoms with E-state index in [1.807, 2.05) is 42.5 Å². The van der Waals surface area contributed by atoms with Gasteiger partial charge >= 0.3 is 0 Å². The molecule has 1 aliphatic rings. The van der Waals surface area contributed by atoms with Gasteiger partial charge in [0.05, 0.1) is 6.54 Å². The fourth-order valence-corrected chi connectivity index (χ4v) is 2.79. The van der Waals surface area contributed by atoms with Crippen LogP contribution in [0.3, 0.4) is 0 Å². The van der Waals surface area contributed by atoms with Crippen LogP contribution in [0, 0.1) is 10.1 Å². The van der Waals surface area contributed by atoms with Crippen molar-refractivity contribution in [2.45, 2.75) is 19.1 Å². The lowest BCUT2D eigenvalue weighted by Crippen LogP contribution is -2.36. The van der Waals surface area contributed by atoms with E-state index in [1.165, 1.54) is 5.56 Å². The lowest BCUT2D eigenvalue weighted by molar-refractivity contribution is -0.531. The molecule has 0 saturated carbocycles. The van der Waals surface area contributed by atoms with E-state index in [0.717, 1.165) is 24.2 Å². The quantitative estimate of drug-likeness (QED) is 0.635. The van der Waals surface area contributed by atoms with Crippen LogP contribution in [0.25, 0.3) is 0 Å². The fourth-order valence-electron chi connectivity index (χ4n) is 2.79. The van der Waals surface area contributed by atoms with Gasteiger partial charge in [-0.05, 0) is 11.1 Å². The third-order valence-electron chi connectivity index (χ3n) is 3.74. The Hall–Kier alpha value is -2.20. The Morgan fingerprint density at radius 3 is 2.55 bits per heavy atom. The zero-order valence-corrected chi connectivity index (χ0v) is 11.1. The number of fused-ring (bicyclic) bond motifs is 1. The predicted octanol–water partition coefficient (Wildman–Crippen LogP) is 3.02. The van der Waals surface area contributed by atoms with Crippen LogP contribution >= 0.6 is 0 Å². The first kappa shape index (κ1) is 12.8. The van der Waals surface area contributed by atoms with Crippen molar-refractivity contribution in [3.8, 4) is 0 Å². The molecule has 20 heavy (non-hydrogen) atoms. The van der Waals surface area contributed by atoms with E-state index < -0.39 is 6.04 Å². The molecule has 0 radical (unpaired) electrons. The normalized spacial score (nSPS) is 18.5. The minimum atomic E-state index is -0.622. The minimum absolute atomic E-state index is 0.171. The summed E-state index contributed by atoms with van der Waals surface area (Å²) in [6, 6.07) is 17.2. The fraction of sp³-hybridized carbons (Fsp3) is 0.250. The van der Waals surface area contributed by atoms with Gasteiger partial charge in [-0.15, -0.1) is 0 Å². The number of hydrogen-bond acceptors (Lipinski definition) is 3. The minimum Gasteiger partial charge on any atom is -0.288 e. The van der Waals surface area contributed by atoms with Gasteiger partial charge in [-0.2, -0.15) is 0 Å². The summed E-state index contributed by atoms with van der Waals surface area (Å²) in [6.45, 7) is 1.99. The summed E-state index contributed by atoms with van der Waals surface area (Å²) >= 11 is 0. The first-order valence-corrected chi connectivity index (χ1v) is 6.71. The average molecular weight is 268 g/mol. The third-order valence-corrected chi connectivity index (χ3v) is 3.74. The molecule has 1 heterocycles. The number of nitrogens with zero attached hydrogens (tertiary/aromatic N) is 2. The molecule has 1 atom stereocenters. The highest BCUT2D eigenvalue weighted by atomic mass is 16.6. The Balaban J connectivity index is 1.85. The second-order valence-corrected chi connectivity index (χ2v) is 5.16.